The Hall–Kier alpha value is -0.730. The molecule has 2 heteroatoms. The quantitative estimate of drug-likeness (QED) is 0.721. The van der Waals surface area contributed by atoms with Crippen LogP contribution in [0.3, 0.4) is 0 Å². The van der Waals surface area contributed by atoms with Crippen molar-refractivity contribution in [1.82, 2.24) is 0 Å². The molecule has 0 aliphatic carbocycles. The van der Waals surface area contributed by atoms with Gasteiger partial charge in [0.2, 0.25) is 0 Å². The Labute approximate surface area is 77.1 Å². The molecule has 1 rings (SSSR count). The molecule has 0 heterocycles. The van der Waals surface area contributed by atoms with Crippen LogP contribution in [-0.4, -0.2) is 18.0 Å². The van der Waals surface area contributed by atoms with Crippen molar-refractivity contribution in [2.45, 2.75) is 4.90 Å². The summed E-state index contributed by atoms with van der Waals surface area (Å²) in [4.78, 5) is 1.24. The van der Waals surface area contributed by atoms with Gasteiger partial charge in [-0.1, -0.05) is 30.4 Å². The summed E-state index contributed by atoms with van der Waals surface area (Å²) < 4.78 is 0. The number of aliphatic hydroxyl groups is 1. The molecule has 0 radical (unpaired) electrons. The lowest BCUT2D eigenvalue weighted by Gasteiger charge is -2.00. The zero-order valence-electron chi connectivity index (χ0n) is 7.03. The highest BCUT2D eigenvalue weighted by Gasteiger charge is 1.93. The first-order valence-corrected chi connectivity index (χ1v) is 5.01. The van der Waals surface area contributed by atoms with Gasteiger partial charge in [0.1, 0.15) is 0 Å². The van der Waals surface area contributed by atoms with E-state index in [0.29, 0.717) is 0 Å². The summed E-state index contributed by atoms with van der Waals surface area (Å²) in [5.74, 6) is 0. The Morgan fingerprint density at radius 3 is 2.83 bits per heavy atom. The van der Waals surface area contributed by atoms with Crippen molar-refractivity contribution in [1.29, 1.82) is 0 Å². The van der Waals surface area contributed by atoms with Crippen LogP contribution in [0, 0.1) is 0 Å². The van der Waals surface area contributed by atoms with Gasteiger partial charge >= 0.3 is 0 Å². The molecule has 1 N–H and O–H groups in total. The molecule has 0 saturated carbocycles. The Morgan fingerprint density at radius 1 is 1.42 bits per heavy atom. The summed E-state index contributed by atoms with van der Waals surface area (Å²) >= 11 is 1.71. The first-order chi connectivity index (χ1) is 5.88. The third-order valence-corrected chi connectivity index (χ3v) is 2.35. The second-order valence-electron chi connectivity index (χ2n) is 2.33. The molecule has 1 aromatic carbocycles. The second-order valence-corrected chi connectivity index (χ2v) is 3.17. The van der Waals surface area contributed by atoms with Crippen LogP contribution in [0.1, 0.15) is 5.56 Å². The number of benzene rings is 1. The van der Waals surface area contributed by atoms with Crippen molar-refractivity contribution in [3.63, 3.8) is 0 Å². The van der Waals surface area contributed by atoms with Gasteiger partial charge in [0, 0.05) is 4.90 Å². The summed E-state index contributed by atoms with van der Waals surface area (Å²) in [5, 5.41) is 8.60. The van der Waals surface area contributed by atoms with Gasteiger partial charge in [-0.2, -0.15) is 0 Å². The molecular weight excluding hydrogens is 168 g/mol. The molecule has 0 spiro atoms. The lowest BCUT2D eigenvalue weighted by Crippen LogP contribution is -1.78. The molecule has 0 aliphatic heterocycles. The summed E-state index contributed by atoms with van der Waals surface area (Å²) in [5.41, 5.74) is 1.17. The van der Waals surface area contributed by atoms with Crippen LogP contribution in [0.2, 0.25) is 0 Å². The van der Waals surface area contributed by atoms with E-state index in [1.165, 1.54) is 10.5 Å². The van der Waals surface area contributed by atoms with Gasteiger partial charge in [-0.05, 0) is 17.9 Å². The fourth-order valence-electron chi connectivity index (χ4n) is 0.984. The first kappa shape index (κ1) is 9.36. The molecule has 0 aromatic heterocycles. The monoisotopic (exact) mass is 180 g/mol. The molecule has 0 unspecified atom stereocenters. The summed E-state index contributed by atoms with van der Waals surface area (Å²) in [6, 6.07) is 8.12. The number of aliphatic hydroxyl groups excluding tert-OH is 1. The lowest BCUT2D eigenvalue weighted by atomic mass is 10.2. The third kappa shape index (κ3) is 2.40. The molecule has 1 aromatic rings. The highest BCUT2D eigenvalue weighted by Crippen LogP contribution is 2.20. The van der Waals surface area contributed by atoms with Crippen LogP contribution in [0.25, 0.3) is 6.08 Å². The summed E-state index contributed by atoms with van der Waals surface area (Å²) in [7, 11) is 0. The van der Waals surface area contributed by atoms with Gasteiger partial charge in [-0.15, -0.1) is 11.8 Å². The Balaban J connectivity index is 2.89. The summed E-state index contributed by atoms with van der Waals surface area (Å²) in [6.45, 7) is 0.0999. The third-order valence-electron chi connectivity index (χ3n) is 1.54. The second kappa shape index (κ2) is 5.01. The minimum atomic E-state index is 0.0999. The maximum absolute atomic E-state index is 8.60. The van der Waals surface area contributed by atoms with Gasteiger partial charge in [0.25, 0.3) is 0 Å². The molecule has 0 saturated heterocycles. The van der Waals surface area contributed by atoms with Gasteiger partial charge in [-0.25, -0.2) is 0 Å². The normalized spacial score (nSPS) is 10.8. The number of thioether (sulfide) groups is 1. The molecule has 0 atom stereocenters. The molecule has 12 heavy (non-hydrogen) atoms. The topological polar surface area (TPSA) is 20.2 Å². The van der Waals surface area contributed by atoms with E-state index in [1.54, 1.807) is 17.8 Å². The number of hydrogen-bond acceptors (Lipinski definition) is 2. The SMILES string of the molecule is CSc1ccccc1C=CCO. The predicted molar refractivity (Wildman–Crippen MR) is 54.3 cm³/mol. The van der Waals surface area contributed by atoms with Crippen molar-refractivity contribution < 1.29 is 5.11 Å². The van der Waals surface area contributed by atoms with E-state index >= 15 is 0 Å². The Kier molecular flexibility index (Phi) is 3.91. The fourth-order valence-corrected chi connectivity index (χ4v) is 1.57. The largest absolute Gasteiger partial charge is 0.392 e. The van der Waals surface area contributed by atoms with E-state index in [4.69, 9.17) is 5.11 Å². The molecule has 0 aliphatic rings. The average Bonchev–Trinajstić information content (AvgIpc) is 2.15. The minimum absolute atomic E-state index is 0.0999. The number of rotatable bonds is 3. The average molecular weight is 180 g/mol. The lowest BCUT2D eigenvalue weighted by molar-refractivity contribution is 0.343. The molecule has 0 bridgehead atoms. The molecule has 0 fully saturated rings. The highest BCUT2D eigenvalue weighted by atomic mass is 32.2. The Bertz CT molecular complexity index is 268. The van der Waals surface area contributed by atoms with E-state index < -0.39 is 0 Å². The molecule has 64 valence electrons. The van der Waals surface area contributed by atoms with Gasteiger partial charge < -0.3 is 5.11 Å². The van der Waals surface area contributed by atoms with Crippen LogP contribution < -0.4 is 0 Å². The van der Waals surface area contributed by atoms with Gasteiger partial charge in [-0.3, -0.25) is 0 Å². The van der Waals surface area contributed by atoms with E-state index in [1.807, 2.05) is 30.5 Å². The van der Waals surface area contributed by atoms with E-state index in [9.17, 15) is 0 Å². The maximum atomic E-state index is 8.60. The molecule has 1 nitrogen and oxygen atoms in total. The van der Waals surface area contributed by atoms with Crippen molar-refractivity contribution in [3.05, 3.63) is 35.9 Å². The first-order valence-electron chi connectivity index (χ1n) is 3.79. The van der Waals surface area contributed by atoms with Crippen molar-refractivity contribution in [2.24, 2.45) is 0 Å². The van der Waals surface area contributed by atoms with Gasteiger partial charge in [0.15, 0.2) is 0 Å². The van der Waals surface area contributed by atoms with Crippen LogP contribution in [0.5, 0.6) is 0 Å². The van der Waals surface area contributed by atoms with Crippen molar-refractivity contribution >= 4 is 17.8 Å². The highest BCUT2D eigenvalue weighted by molar-refractivity contribution is 7.98. The van der Waals surface area contributed by atoms with Crippen LogP contribution >= 0.6 is 11.8 Å². The van der Waals surface area contributed by atoms with Crippen LogP contribution in [0.15, 0.2) is 35.2 Å². The van der Waals surface area contributed by atoms with Crippen molar-refractivity contribution in [2.75, 3.05) is 12.9 Å². The zero-order chi connectivity index (χ0) is 8.81. The number of hydrogen-bond donors (Lipinski definition) is 1. The van der Waals surface area contributed by atoms with Crippen LogP contribution in [-0.2, 0) is 0 Å². The maximum Gasteiger partial charge on any atom is 0.0615 e. The van der Waals surface area contributed by atoms with E-state index in [0.717, 1.165) is 0 Å². The summed E-state index contributed by atoms with van der Waals surface area (Å²) in [6.07, 6.45) is 5.73. The predicted octanol–water partition coefficient (Wildman–Crippen LogP) is 2.41. The van der Waals surface area contributed by atoms with Crippen LogP contribution in [0.4, 0.5) is 0 Å². The smallest absolute Gasteiger partial charge is 0.0615 e. The minimum Gasteiger partial charge on any atom is -0.392 e. The van der Waals surface area contributed by atoms with E-state index in [-0.39, 0.29) is 6.61 Å². The standard InChI is InChI=1S/C10H12OS/c1-12-10-7-3-2-5-9(10)6-4-8-11/h2-7,11H,8H2,1H3. The molecular formula is C10H12OS. The molecule has 0 amide bonds. The Morgan fingerprint density at radius 2 is 2.17 bits per heavy atom. The van der Waals surface area contributed by atoms with Crippen molar-refractivity contribution in [3.8, 4) is 0 Å². The zero-order valence-corrected chi connectivity index (χ0v) is 7.84. The van der Waals surface area contributed by atoms with Gasteiger partial charge in [0.05, 0.1) is 6.61 Å². The van der Waals surface area contributed by atoms with E-state index in [2.05, 4.69) is 6.07 Å². The fraction of sp³-hybridized carbons (Fsp3) is 0.200.